The zero-order chi connectivity index (χ0) is 28.4. The molecule has 1 aromatic heterocycles. The lowest BCUT2D eigenvalue weighted by molar-refractivity contribution is -0.137. The molecule has 2 aliphatic rings. The summed E-state index contributed by atoms with van der Waals surface area (Å²) in [7, 11) is 1.56. The highest BCUT2D eigenvalue weighted by atomic mass is 19.4. The second-order valence-corrected chi connectivity index (χ2v) is 10.9. The molecule has 2 unspecified atom stereocenters. The van der Waals surface area contributed by atoms with Gasteiger partial charge in [-0.3, -0.25) is 0 Å². The Morgan fingerprint density at radius 2 is 1.69 bits per heavy atom. The highest BCUT2D eigenvalue weighted by molar-refractivity contribution is 5.75. The highest BCUT2D eigenvalue weighted by Gasteiger charge is 2.37. The lowest BCUT2D eigenvalue weighted by Gasteiger charge is -2.40. The van der Waals surface area contributed by atoms with Gasteiger partial charge in [0.25, 0.3) is 0 Å². The van der Waals surface area contributed by atoms with E-state index in [1.54, 1.807) is 37.6 Å². The van der Waals surface area contributed by atoms with Crippen molar-refractivity contribution in [2.24, 2.45) is 0 Å². The molecular formula is C26H34F3N5O5. The Labute approximate surface area is 225 Å². The number of amides is 3. The Bertz CT molecular complexity index is 1140. The molecule has 0 spiro atoms. The number of rotatable bonds is 4. The fourth-order valence-electron chi connectivity index (χ4n) is 4.69. The number of urea groups is 1. The zero-order valence-electron chi connectivity index (χ0n) is 22.5. The fraction of sp³-hybridized carbons (Fsp3) is 0.615. The maximum Gasteiger partial charge on any atom is 0.416 e. The Kier molecular flexibility index (Phi) is 8.38. The van der Waals surface area contributed by atoms with Crippen LogP contribution in [0.5, 0.6) is 0 Å². The summed E-state index contributed by atoms with van der Waals surface area (Å²) in [5.74, 6) is 0.0304. The quantitative estimate of drug-likeness (QED) is 0.550. The Morgan fingerprint density at radius 3 is 2.31 bits per heavy atom. The molecule has 0 bridgehead atoms. The van der Waals surface area contributed by atoms with Gasteiger partial charge in [-0.1, -0.05) is 17.3 Å². The number of benzene rings is 1. The van der Waals surface area contributed by atoms with E-state index in [0.29, 0.717) is 57.2 Å². The summed E-state index contributed by atoms with van der Waals surface area (Å²) >= 11 is 0. The number of alkyl halides is 3. The monoisotopic (exact) mass is 553 g/mol. The number of morpholine rings is 1. The van der Waals surface area contributed by atoms with Crippen molar-refractivity contribution < 1.29 is 36.8 Å². The molecule has 2 atom stereocenters. The van der Waals surface area contributed by atoms with Crippen LogP contribution in [0.15, 0.2) is 28.8 Å². The SMILES string of the molecule is CN(Cc1nc(C2CC(c3ccc(C(F)(F)F)cc3)CN(C(=O)N3CCOCC3)C2)no1)C(=O)OC(C)(C)C. The van der Waals surface area contributed by atoms with Gasteiger partial charge in [-0.25, -0.2) is 9.59 Å². The summed E-state index contributed by atoms with van der Waals surface area (Å²) in [5.41, 5.74) is -0.685. The van der Waals surface area contributed by atoms with Gasteiger partial charge < -0.3 is 28.7 Å². The van der Waals surface area contributed by atoms with Gasteiger partial charge >= 0.3 is 18.3 Å². The molecule has 1 aromatic carbocycles. The summed E-state index contributed by atoms with van der Waals surface area (Å²) in [6, 6.07) is 4.89. The van der Waals surface area contributed by atoms with E-state index in [-0.39, 0.29) is 30.3 Å². The van der Waals surface area contributed by atoms with Gasteiger partial charge in [0.15, 0.2) is 5.82 Å². The third-order valence-corrected chi connectivity index (χ3v) is 6.64. The number of hydrogen-bond donors (Lipinski definition) is 0. The van der Waals surface area contributed by atoms with E-state index in [1.807, 2.05) is 0 Å². The molecule has 0 aliphatic carbocycles. The van der Waals surface area contributed by atoms with Crippen LogP contribution in [-0.4, -0.2) is 89.0 Å². The first-order valence-electron chi connectivity index (χ1n) is 12.9. The van der Waals surface area contributed by atoms with Crippen LogP contribution >= 0.6 is 0 Å². The molecule has 2 fully saturated rings. The van der Waals surface area contributed by atoms with Crippen LogP contribution in [-0.2, 0) is 22.2 Å². The molecule has 0 saturated carbocycles. The van der Waals surface area contributed by atoms with E-state index in [0.717, 1.165) is 12.1 Å². The average Bonchev–Trinajstić information content (AvgIpc) is 3.35. The minimum absolute atomic E-state index is 0.0351. The molecule has 10 nitrogen and oxygen atoms in total. The number of aromatic nitrogens is 2. The number of nitrogens with zero attached hydrogens (tertiary/aromatic N) is 5. The van der Waals surface area contributed by atoms with Crippen molar-refractivity contribution in [1.29, 1.82) is 0 Å². The van der Waals surface area contributed by atoms with Crippen molar-refractivity contribution in [3.63, 3.8) is 0 Å². The van der Waals surface area contributed by atoms with E-state index in [9.17, 15) is 22.8 Å². The molecular weight excluding hydrogens is 519 g/mol. The maximum absolute atomic E-state index is 13.4. The van der Waals surface area contributed by atoms with Crippen LogP contribution in [0.3, 0.4) is 0 Å². The van der Waals surface area contributed by atoms with Crippen molar-refractivity contribution in [2.45, 2.75) is 57.3 Å². The molecule has 0 radical (unpaired) electrons. The van der Waals surface area contributed by atoms with Gasteiger partial charge in [-0.05, 0) is 44.9 Å². The van der Waals surface area contributed by atoms with Crippen LogP contribution in [0.2, 0.25) is 0 Å². The van der Waals surface area contributed by atoms with Crippen LogP contribution in [0.25, 0.3) is 0 Å². The molecule has 0 N–H and O–H groups in total. The number of carbonyl (C=O) groups is 2. The lowest BCUT2D eigenvalue weighted by atomic mass is 9.84. The molecule has 3 amide bonds. The Hall–Kier alpha value is -3.35. The largest absolute Gasteiger partial charge is 0.444 e. The van der Waals surface area contributed by atoms with E-state index in [2.05, 4.69) is 10.1 Å². The van der Waals surface area contributed by atoms with Gasteiger partial charge in [0.1, 0.15) is 12.1 Å². The molecule has 2 saturated heterocycles. The number of likely N-dealkylation sites (tertiary alicyclic amines) is 1. The lowest BCUT2D eigenvalue weighted by Crippen LogP contribution is -2.52. The van der Waals surface area contributed by atoms with Crippen molar-refractivity contribution in [3.8, 4) is 0 Å². The number of hydrogen-bond acceptors (Lipinski definition) is 7. The molecule has 2 aliphatic heterocycles. The summed E-state index contributed by atoms with van der Waals surface area (Å²) in [6.07, 6.45) is -4.46. The van der Waals surface area contributed by atoms with E-state index < -0.39 is 23.4 Å². The Morgan fingerprint density at radius 1 is 1.05 bits per heavy atom. The topological polar surface area (TPSA) is 101 Å². The molecule has 2 aromatic rings. The molecule has 214 valence electrons. The van der Waals surface area contributed by atoms with Crippen LogP contribution in [0.4, 0.5) is 22.8 Å². The fourth-order valence-corrected chi connectivity index (χ4v) is 4.69. The summed E-state index contributed by atoms with van der Waals surface area (Å²) in [6.45, 7) is 7.85. The highest BCUT2D eigenvalue weighted by Crippen LogP contribution is 2.37. The normalized spacial score (nSPS) is 20.6. The minimum Gasteiger partial charge on any atom is -0.444 e. The third kappa shape index (κ3) is 7.40. The Balaban J connectivity index is 1.53. The summed E-state index contributed by atoms with van der Waals surface area (Å²) in [4.78, 5) is 34.9. The van der Waals surface area contributed by atoms with Gasteiger partial charge in [0.05, 0.1) is 18.8 Å². The number of halogens is 3. The molecule has 13 heteroatoms. The smallest absolute Gasteiger partial charge is 0.416 e. The number of piperidine rings is 1. The molecule has 3 heterocycles. The van der Waals surface area contributed by atoms with Crippen LogP contribution < -0.4 is 0 Å². The first kappa shape index (κ1) is 28.7. The first-order valence-corrected chi connectivity index (χ1v) is 12.9. The molecule has 39 heavy (non-hydrogen) atoms. The minimum atomic E-state index is -4.43. The predicted octanol–water partition coefficient (Wildman–Crippen LogP) is 4.48. The second-order valence-electron chi connectivity index (χ2n) is 10.9. The maximum atomic E-state index is 13.4. The summed E-state index contributed by atoms with van der Waals surface area (Å²) < 4.78 is 55.5. The standard InChI is InChI=1S/C26H34F3N5O5/c1-25(2,3)38-24(36)32(4)16-21-30-22(31-39-21)19-13-18(17-5-7-20(8-6-17)26(27,28)29)14-34(15-19)23(35)33-9-11-37-12-10-33/h5-8,18-19H,9-16H2,1-4H3. The van der Waals surface area contributed by atoms with E-state index in [4.69, 9.17) is 14.0 Å². The van der Waals surface area contributed by atoms with Crippen LogP contribution in [0.1, 0.15) is 61.9 Å². The van der Waals surface area contributed by atoms with Gasteiger partial charge in [-0.15, -0.1) is 0 Å². The van der Waals surface area contributed by atoms with Crippen molar-refractivity contribution >= 4 is 12.1 Å². The zero-order valence-corrected chi connectivity index (χ0v) is 22.5. The van der Waals surface area contributed by atoms with Crippen LogP contribution in [0, 0.1) is 0 Å². The van der Waals surface area contributed by atoms with Gasteiger partial charge in [-0.2, -0.15) is 18.2 Å². The van der Waals surface area contributed by atoms with Crippen molar-refractivity contribution in [3.05, 3.63) is 47.1 Å². The molecule has 4 rings (SSSR count). The van der Waals surface area contributed by atoms with Gasteiger partial charge in [0.2, 0.25) is 5.89 Å². The van der Waals surface area contributed by atoms with E-state index in [1.165, 1.54) is 17.0 Å². The third-order valence-electron chi connectivity index (χ3n) is 6.64. The number of ether oxygens (including phenoxy) is 2. The van der Waals surface area contributed by atoms with Crippen molar-refractivity contribution in [2.75, 3.05) is 46.4 Å². The first-order chi connectivity index (χ1) is 18.3. The van der Waals surface area contributed by atoms with Gasteiger partial charge in [0, 0.05) is 45.1 Å². The number of carbonyl (C=O) groups excluding carboxylic acids is 2. The second kappa shape index (κ2) is 11.4. The van der Waals surface area contributed by atoms with Crippen molar-refractivity contribution in [1.82, 2.24) is 24.8 Å². The van der Waals surface area contributed by atoms with E-state index >= 15 is 0 Å². The predicted molar refractivity (Wildman–Crippen MR) is 133 cm³/mol. The average molecular weight is 554 g/mol. The summed E-state index contributed by atoms with van der Waals surface area (Å²) in [5, 5.41) is 4.12.